The van der Waals surface area contributed by atoms with E-state index in [0.717, 1.165) is 29.0 Å². The minimum atomic E-state index is -0.859. The van der Waals surface area contributed by atoms with Crippen molar-refractivity contribution in [1.82, 2.24) is 4.57 Å². The normalized spacial score (nSPS) is 10.9. The molecule has 0 aliphatic heterocycles. The molecule has 0 amide bonds. The lowest BCUT2D eigenvalue weighted by atomic mass is 10.2. The van der Waals surface area contributed by atoms with Gasteiger partial charge in [-0.15, -0.1) is 0 Å². The quantitative estimate of drug-likeness (QED) is 0.828. The smallest absolute Gasteiger partial charge is 0.352 e. The average molecular weight is 249 g/mol. The fourth-order valence-electron chi connectivity index (χ4n) is 1.93. The molecule has 0 atom stereocenters. The maximum atomic E-state index is 11.2. The Labute approximate surface area is 104 Å². The molecule has 0 spiro atoms. The van der Waals surface area contributed by atoms with E-state index in [1.165, 1.54) is 0 Å². The maximum absolute atomic E-state index is 11.2. The second-order valence-corrected chi connectivity index (χ2v) is 5.14. The molecular weight excluding hydrogens is 234 g/mol. The average Bonchev–Trinajstić information content (AvgIpc) is 2.69. The minimum Gasteiger partial charge on any atom is -0.477 e. The molecule has 0 fully saturated rings. The number of carboxylic acids is 1. The number of para-hydroxylation sites is 1. The van der Waals surface area contributed by atoms with Gasteiger partial charge in [0.05, 0.1) is 0 Å². The Morgan fingerprint density at radius 3 is 2.88 bits per heavy atom. The van der Waals surface area contributed by atoms with Gasteiger partial charge in [-0.05, 0) is 17.9 Å². The molecule has 0 aliphatic rings. The van der Waals surface area contributed by atoms with Gasteiger partial charge in [0.25, 0.3) is 0 Å². The Morgan fingerprint density at radius 1 is 1.41 bits per heavy atom. The molecule has 0 unspecified atom stereocenters. The van der Waals surface area contributed by atoms with E-state index in [4.69, 9.17) is 0 Å². The monoisotopic (exact) mass is 249 g/mol. The Balaban J connectivity index is 2.41. The molecule has 0 aliphatic carbocycles. The fourth-order valence-corrected chi connectivity index (χ4v) is 2.53. The van der Waals surface area contributed by atoms with E-state index in [1.54, 1.807) is 6.07 Å². The van der Waals surface area contributed by atoms with Gasteiger partial charge in [0.2, 0.25) is 0 Å². The molecule has 1 aromatic heterocycles. The summed E-state index contributed by atoms with van der Waals surface area (Å²) >= 11 is 1.82. The first-order chi connectivity index (χ1) is 8.24. The van der Waals surface area contributed by atoms with Gasteiger partial charge in [0.15, 0.2) is 0 Å². The molecule has 90 valence electrons. The zero-order chi connectivity index (χ0) is 12.3. The topological polar surface area (TPSA) is 42.2 Å². The summed E-state index contributed by atoms with van der Waals surface area (Å²) in [7, 11) is 0. The van der Waals surface area contributed by atoms with Crippen molar-refractivity contribution in [1.29, 1.82) is 0 Å². The van der Waals surface area contributed by atoms with Crippen LogP contribution in [0.1, 0.15) is 17.4 Å². The van der Waals surface area contributed by atoms with Gasteiger partial charge in [-0.3, -0.25) is 0 Å². The summed E-state index contributed by atoms with van der Waals surface area (Å²) in [6, 6.07) is 9.54. The van der Waals surface area contributed by atoms with Crippen LogP contribution in [0.5, 0.6) is 0 Å². The van der Waals surface area contributed by atoms with E-state index < -0.39 is 5.97 Å². The number of thioether (sulfide) groups is 1. The number of hydrogen-bond acceptors (Lipinski definition) is 2. The van der Waals surface area contributed by atoms with Crippen LogP contribution in [0.4, 0.5) is 0 Å². The second kappa shape index (κ2) is 5.27. The highest BCUT2D eigenvalue weighted by atomic mass is 32.2. The van der Waals surface area contributed by atoms with E-state index in [1.807, 2.05) is 40.6 Å². The summed E-state index contributed by atoms with van der Waals surface area (Å²) in [5, 5.41) is 10.2. The molecular formula is C13H15NO2S. The van der Waals surface area contributed by atoms with E-state index >= 15 is 0 Å². The standard InChI is InChI=1S/C13H15NO2S/c1-2-17-8-7-14-11-6-4-3-5-10(11)9-12(14)13(15)16/h3-6,9H,2,7-8H2,1H3,(H,15,16). The predicted octanol–water partition coefficient (Wildman–Crippen LogP) is 3.09. The van der Waals surface area contributed by atoms with Gasteiger partial charge in [-0.1, -0.05) is 25.1 Å². The second-order valence-electron chi connectivity index (χ2n) is 3.74. The highest BCUT2D eigenvalue weighted by Gasteiger charge is 2.13. The summed E-state index contributed by atoms with van der Waals surface area (Å²) in [6.07, 6.45) is 0. The SMILES string of the molecule is CCSCCn1c(C(=O)O)cc2ccccc21. The van der Waals surface area contributed by atoms with Crippen LogP contribution in [-0.4, -0.2) is 27.1 Å². The van der Waals surface area contributed by atoms with Gasteiger partial charge in [-0.2, -0.15) is 11.8 Å². The lowest BCUT2D eigenvalue weighted by Crippen LogP contribution is -2.09. The van der Waals surface area contributed by atoms with Gasteiger partial charge < -0.3 is 9.67 Å². The molecule has 0 saturated carbocycles. The number of nitrogens with zero attached hydrogens (tertiary/aromatic N) is 1. The van der Waals surface area contributed by atoms with Gasteiger partial charge in [0.1, 0.15) is 5.69 Å². The fraction of sp³-hybridized carbons (Fsp3) is 0.308. The molecule has 3 nitrogen and oxygen atoms in total. The number of aryl methyl sites for hydroxylation is 1. The van der Waals surface area contributed by atoms with Crippen LogP contribution in [0.25, 0.3) is 10.9 Å². The third kappa shape index (κ3) is 2.47. The number of aromatic carboxylic acids is 1. The van der Waals surface area contributed by atoms with E-state index in [9.17, 15) is 9.90 Å². The molecule has 1 aromatic carbocycles. The first kappa shape index (κ1) is 12.0. The molecule has 1 N–H and O–H groups in total. The van der Waals surface area contributed by atoms with Crippen LogP contribution in [0, 0.1) is 0 Å². The lowest BCUT2D eigenvalue weighted by molar-refractivity contribution is 0.0686. The van der Waals surface area contributed by atoms with Crippen LogP contribution in [0.3, 0.4) is 0 Å². The van der Waals surface area contributed by atoms with Crippen molar-refractivity contribution in [3.63, 3.8) is 0 Å². The Hall–Kier alpha value is -1.42. The minimum absolute atomic E-state index is 0.378. The van der Waals surface area contributed by atoms with Gasteiger partial charge in [0, 0.05) is 23.2 Å². The maximum Gasteiger partial charge on any atom is 0.352 e. The number of rotatable bonds is 5. The highest BCUT2D eigenvalue weighted by Crippen LogP contribution is 2.20. The zero-order valence-electron chi connectivity index (χ0n) is 9.72. The van der Waals surface area contributed by atoms with Crippen molar-refractivity contribution < 1.29 is 9.90 Å². The summed E-state index contributed by atoms with van der Waals surface area (Å²) in [6.45, 7) is 2.85. The highest BCUT2D eigenvalue weighted by molar-refractivity contribution is 7.99. The number of benzene rings is 1. The van der Waals surface area contributed by atoms with Crippen molar-refractivity contribution >= 4 is 28.6 Å². The molecule has 0 saturated heterocycles. The molecule has 0 bridgehead atoms. The third-order valence-electron chi connectivity index (χ3n) is 2.69. The Kier molecular flexibility index (Phi) is 3.74. The summed E-state index contributed by atoms with van der Waals surface area (Å²) < 4.78 is 1.89. The van der Waals surface area contributed by atoms with Crippen LogP contribution in [-0.2, 0) is 6.54 Å². The molecule has 0 radical (unpaired) electrons. The van der Waals surface area contributed by atoms with Crippen LogP contribution in [0.15, 0.2) is 30.3 Å². The van der Waals surface area contributed by atoms with E-state index in [2.05, 4.69) is 6.92 Å². The molecule has 1 heterocycles. The third-order valence-corrected chi connectivity index (χ3v) is 3.57. The van der Waals surface area contributed by atoms with E-state index in [0.29, 0.717) is 5.69 Å². The summed E-state index contributed by atoms with van der Waals surface area (Å²) in [4.78, 5) is 11.2. The van der Waals surface area contributed by atoms with Crippen molar-refractivity contribution in [2.75, 3.05) is 11.5 Å². The predicted molar refractivity (Wildman–Crippen MR) is 71.9 cm³/mol. The van der Waals surface area contributed by atoms with E-state index in [-0.39, 0.29) is 0 Å². The molecule has 4 heteroatoms. The van der Waals surface area contributed by atoms with Crippen LogP contribution >= 0.6 is 11.8 Å². The summed E-state index contributed by atoms with van der Waals surface area (Å²) in [5.41, 5.74) is 1.38. The Morgan fingerprint density at radius 2 is 2.18 bits per heavy atom. The van der Waals surface area contributed by atoms with Crippen molar-refractivity contribution in [2.45, 2.75) is 13.5 Å². The zero-order valence-corrected chi connectivity index (χ0v) is 10.5. The van der Waals surface area contributed by atoms with Crippen LogP contribution < -0.4 is 0 Å². The Bertz CT molecular complexity index is 533. The van der Waals surface area contributed by atoms with Crippen molar-refractivity contribution in [3.05, 3.63) is 36.0 Å². The van der Waals surface area contributed by atoms with Gasteiger partial charge >= 0.3 is 5.97 Å². The molecule has 2 rings (SSSR count). The first-order valence-electron chi connectivity index (χ1n) is 5.63. The largest absolute Gasteiger partial charge is 0.477 e. The van der Waals surface area contributed by atoms with Crippen LogP contribution in [0.2, 0.25) is 0 Å². The molecule has 2 aromatic rings. The van der Waals surface area contributed by atoms with Crippen molar-refractivity contribution in [3.8, 4) is 0 Å². The van der Waals surface area contributed by atoms with Crippen molar-refractivity contribution in [2.24, 2.45) is 0 Å². The number of carbonyl (C=O) groups is 1. The summed E-state index contributed by atoms with van der Waals surface area (Å²) in [5.74, 6) is 1.14. The lowest BCUT2D eigenvalue weighted by Gasteiger charge is -2.07. The van der Waals surface area contributed by atoms with Gasteiger partial charge in [-0.25, -0.2) is 4.79 Å². The first-order valence-corrected chi connectivity index (χ1v) is 6.79. The molecule has 17 heavy (non-hydrogen) atoms. The number of aromatic nitrogens is 1. The number of carboxylic acid groups (broad SMARTS) is 1. The number of fused-ring (bicyclic) bond motifs is 1. The number of hydrogen-bond donors (Lipinski definition) is 1.